The van der Waals surface area contributed by atoms with Gasteiger partial charge in [-0.25, -0.2) is 0 Å². The van der Waals surface area contributed by atoms with Crippen LogP contribution in [0.25, 0.3) is 11.7 Å². The maximum absolute atomic E-state index is 13.1. The number of carbonyl (C=O) groups is 1. The number of pyridine rings is 1. The lowest BCUT2D eigenvalue weighted by Gasteiger charge is -2.11. The summed E-state index contributed by atoms with van der Waals surface area (Å²) in [6.45, 7) is 3.93. The minimum atomic E-state index is -0.571. The van der Waals surface area contributed by atoms with Gasteiger partial charge in [0, 0.05) is 17.2 Å². The zero-order valence-electron chi connectivity index (χ0n) is 15.8. The van der Waals surface area contributed by atoms with Gasteiger partial charge < -0.3 is 10.1 Å². The molecule has 3 rings (SSSR count). The van der Waals surface area contributed by atoms with E-state index in [2.05, 4.69) is 26.2 Å². The average Bonchev–Trinajstić information content (AvgIpc) is 2.70. The largest absolute Gasteiger partial charge is 0.438 e. The van der Waals surface area contributed by atoms with Crippen LogP contribution in [0.3, 0.4) is 0 Å². The lowest BCUT2D eigenvalue weighted by Crippen LogP contribution is -2.25. The van der Waals surface area contributed by atoms with Crippen molar-refractivity contribution in [1.82, 2.24) is 14.7 Å². The van der Waals surface area contributed by atoms with E-state index in [-0.39, 0.29) is 17.0 Å². The Bertz CT molecular complexity index is 1210. The molecule has 0 saturated carbocycles. The molecule has 8 heteroatoms. The highest BCUT2D eigenvalue weighted by Gasteiger charge is 2.17. The van der Waals surface area contributed by atoms with E-state index in [9.17, 15) is 14.9 Å². The number of aryl methyl sites for hydroxylation is 1. The number of amides is 1. The minimum Gasteiger partial charge on any atom is -0.438 e. The number of nitrogens with one attached hydrogen (secondary N) is 1. The van der Waals surface area contributed by atoms with Crippen molar-refractivity contribution in [1.29, 1.82) is 5.26 Å². The molecule has 0 radical (unpaired) electrons. The van der Waals surface area contributed by atoms with Crippen molar-refractivity contribution in [3.05, 3.63) is 74.1 Å². The minimum absolute atomic E-state index is 0.0128. The van der Waals surface area contributed by atoms with Crippen LogP contribution in [0.1, 0.15) is 18.1 Å². The van der Waals surface area contributed by atoms with Crippen LogP contribution in [0.5, 0.6) is 11.6 Å². The van der Waals surface area contributed by atoms with Crippen molar-refractivity contribution in [2.45, 2.75) is 13.8 Å². The summed E-state index contributed by atoms with van der Waals surface area (Å²) >= 11 is 3.36. The third-order valence-electron chi connectivity index (χ3n) is 4.07. The van der Waals surface area contributed by atoms with Gasteiger partial charge in [0.25, 0.3) is 11.5 Å². The van der Waals surface area contributed by atoms with E-state index in [1.165, 1.54) is 10.5 Å². The molecule has 1 N–H and O–H groups in total. The van der Waals surface area contributed by atoms with E-state index in [0.29, 0.717) is 17.9 Å². The number of rotatable bonds is 5. The van der Waals surface area contributed by atoms with Gasteiger partial charge in [-0.1, -0.05) is 22.0 Å². The molecule has 2 aromatic heterocycles. The molecule has 1 aromatic carbocycles. The third-order valence-corrected chi connectivity index (χ3v) is 4.60. The molecule has 3 aromatic rings. The summed E-state index contributed by atoms with van der Waals surface area (Å²) in [5.74, 6) is -0.0915. The number of nitrogens with zero attached hydrogens (tertiary/aromatic N) is 3. The molecule has 0 aliphatic rings. The highest BCUT2D eigenvalue weighted by molar-refractivity contribution is 9.10. The summed E-state index contributed by atoms with van der Waals surface area (Å²) in [5.41, 5.74) is 0.573. The van der Waals surface area contributed by atoms with Crippen LogP contribution in [0.15, 0.2) is 57.4 Å². The topological polar surface area (TPSA) is 96.5 Å². The number of halogens is 1. The van der Waals surface area contributed by atoms with Gasteiger partial charge in [0.2, 0.25) is 5.88 Å². The Morgan fingerprint density at radius 2 is 2.07 bits per heavy atom. The van der Waals surface area contributed by atoms with Gasteiger partial charge in [0.05, 0.1) is 0 Å². The lowest BCUT2D eigenvalue weighted by atomic mass is 10.1. The fourth-order valence-corrected chi connectivity index (χ4v) is 2.92. The number of hydrogen-bond donors (Lipinski definition) is 1. The van der Waals surface area contributed by atoms with Gasteiger partial charge in [0.1, 0.15) is 28.6 Å². The van der Waals surface area contributed by atoms with Crippen molar-refractivity contribution < 1.29 is 9.53 Å². The number of carbonyl (C=O) groups excluding carboxylic acids is 1. The molecule has 0 fully saturated rings. The Kier molecular flexibility index (Phi) is 6.10. The molecule has 29 heavy (non-hydrogen) atoms. The SMILES string of the molecule is CCNC(=O)/C(C#N)=C/c1c(Oc2ccc(Br)cc2)nc2c(C)cccn2c1=O. The second-order valence-electron chi connectivity index (χ2n) is 6.11. The normalized spacial score (nSPS) is 11.2. The fraction of sp³-hybridized carbons (Fsp3) is 0.143. The van der Waals surface area contributed by atoms with Crippen molar-refractivity contribution in [3.8, 4) is 17.7 Å². The lowest BCUT2D eigenvalue weighted by molar-refractivity contribution is -0.116. The molecule has 0 aliphatic carbocycles. The molecule has 0 spiro atoms. The third kappa shape index (κ3) is 4.36. The zero-order chi connectivity index (χ0) is 21.0. The van der Waals surface area contributed by atoms with Crippen LogP contribution in [0.4, 0.5) is 0 Å². The van der Waals surface area contributed by atoms with E-state index >= 15 is 0 Å². The van der Waals surface area contributed by atoms with E-state index in [1.54, 1.807) is 43.5 Å². The Balaban J connectivity index is 2.24. The molecule has 1 amide bonds. The summed E-state index contributed by atoms with van der Waals surface area (Å²) in [6.07, 6.45) is 2.79. The first-order valence-electron chi connectivity index (χ1n) is 8.80. The summed E-state index contributed by atoms with van der Waals surface area (Å²) in [7, 11) is 0. The van der Waals surface area contributed by atoms with E-state index in [1.807, 2.05) is 19.1 Å². The first-order chi connectivity index (χ1) is 13.9. The molecule has 146 valence electrons. The number of benzene rings is 1. The van der Waals surface area contributed by atoms with Crippen molar-refractivity contribution >= 4 is 33.6 Å². The Labute approximate surface area is 175 Å². The van der Waals surface area contributed by atoms with Crippen LogP contribution in [0.2, 0.25) is 0 Å². The first kappa shape index (κ1) is 20.3. The van der Waals surface area contributed by atoms with Crippen LogP contribution in [0, 0.1) is 18.3 Å². The number of fused-ring (bicyclic) bond motifs is 1. The fourth-order valence-electron chi connectivity index (χ4n) is 2.66. The average molecular weight is 453 g/mol. The Hall–Kier alpha value is -3.44. The molecule has 0 aliphatic heterocycles. The van der Waals surface area contributed by atoms with Crippen LogP contribution >= 0.6 is 15.9 Å². The Morgan fingerprint density at radius 1 is 1.34 bits per heavy atom. The van der Waals surface area contributed by atoms with Gasteiger partial charge in [-0.05, 0) is 55.8 Å². The van der Waals surface area contributed by atoms with Crippen molar-refractivity contribution in [2.24, 2.45) is 0 Å². The molecule has 0 saturated heterocycles. The molecule has 7 nitrogen and oxygen atoms in total. The highest BCUT2D eigenvalue weighted by atomic mass is 79.9. The number of nitriles is 1. The van der Waals surface area contributed by atoms with Crippen LogP contribution in [-0.4, -0.2) is 21.8 Å². The monoisotopic (exact) mass is 452 g/mol. The van der Waals surface area contributed by atoms with Gasteiger partial charge in [0.15, 0.2) is 0 Å². The van der Waals surface area contributed by atoms with Gasteiger partial charge in [-0.2, -0.15) is 10.2 Å². The number of ether oxygens (including phenoxy) is 1. The molecular formula is C21H17BrN4O3. The predicted octanol–water partition coefficient (Wildman–Crippen LogP) is 3.60. The summed E-state index contributed by atoms with van der Waals surface area (Å²) in [6, 6.07) is 12.4. The van der Waals surface area contributed by atoms with Crippen molar-refractivity contribution in [2.75, 3.05) is 6.54 Å². The molecule has 0 atom stereocenters. The standard InChI is InChI=1S/C21H17BrN4O3/c1-3-24-19(27)14(12-23)11-17-20(29-16-8-6-15(22)7-9-16)25-18-13(2)5-4-10-26(18)21(17)28/h4-11H,3H2,1-2H3,(H,24,27)/b14-11+. The maximum atomic E-state index is 13.1. The van der Waals surface area contributed by atoms with Crippen LogP contribution < -0.4 is 15.6 Å². The van der Waals surface area contributed by atoms with E-state index < -0.39 is 11.5 Å². The molecule has 2 heterocycles. The first-order valence-corrected chi connectivity index (χ1v) is 9.59. The van der Waals surface area contributed by atoms with Crippen LogP contribution in [-0.2, 0) is 4.79 Å². The molecule has 0 bridgehead atoms. The summed E-state index contributed by atoms with van der Waals surface area (Å²) < 4.78 is 8.10. The number of hydrogen-bond acceptors (Lipinski definition) is 5. The number of aromatic nitrogens is 2. The van der Waals surface area contributed by atoms with Gasteiger partial charge in [-0.15, -0.1) is 0 Å². The smallest absolute Gasteiger partial charge is 0.269 e. The van der Waals surface area contributed by atoms with Gasteiger partial charge >= 0.3 is 0 Å². The second-order valence-corrected chi connectivity index (χ2v) is 7.02. The van der Waals surface area contributed by atoms with Crippen molar-refractivity contribution in [3.63, 3.8) is 0 Å². The quantitative estimate of drug-likeness (QED) is 0.471. The predicted molar refractivity (Wildman–Crippen MR) is 113 cm³/mol. The number of likely N-dealkylation sites (N-methyl/N-ethyl adjacent to an activating group) is 1. The molecular weight excluding hydrogens is 436 g/mol. The highest BCUT2D eigenvalue weighted by Crippen LogP contribution is 2.26. The van der Waals surface area contributed by atoms with E-state index in [0.717, 1.165) is 10.0 Å². The maximum Gasteiger partial charge on any atom is 0.269 e. The van der Waals surface area contributed by atoms with E-state index in [4.69, 9.17) is 4.74 Å². The zero-order valence-corrected chi connectivity index (χ0v) is 17.4. The Morgan fingerprint density at radius 3 is 2.72 bits per heavy atom. The van der Waals surface area contributed by atoms with Gasteiger partial charge in [-0.3, -0.25) is 14.0 Å². The summed E-state index contributed by atoms with van der Waals surface area (Å²) in [4.78, 5) is 29.8. The second kappa shape index (κ2) is 8.71. The summed E-state index contributed by atoms with van der Waals surface area (Å²) in [5, 5.41) is 11.9. The molecule has 0 unspecified atom stereocenters.